The zero-order valence-corrected chi connectivity index (χ0v) is 16.4. The van der Waals surface area contributed by atoms with Crippen molar-refractivity contribution in [3.05, 3.63) is 24.5 Å². The van der Waals surface area contributed by atoms with Crippen LogP contribution in [0.25, 0.3) is 10.2 Å². The molecule has 3 heterocycles. The van der Waals surface area contributed by atoms with Crippen molar-refractivity contribution >= 4 is 44.0 Å². The molecule has 0 aliphatic carbocycles. The maximum absolute atomic E-state index is 6.45. The molecule has 1 unspecified atom stereocenters. The number of rotatable bonds is 5. The molecule has 2 aromatic heterocycles. The van der Waals surface area contributed by atoms with Crippen molar-refractivity contribution in [3.8, 4) is 5.75 Å². The lowest BCUT2D eigenvalue weighted by atomic mass is 10.00. The molecule has 0 spiro atoms. The number of hydrogen-bond acceptors (Lipinski definition) is 8. The van der Waals surface area contributed by atoms with Crippen LogP contribution in [0.2, 0.25) is 0 Å². The number of nitrogens with one attached hydrogen (secondary N) is 1. The van der Waals surface area contributed by atoms with Crippen LogP contribution in [0, 0.1) is 0 Å². The predicted octanol–water partition coefficient (Wildman–Crippen LogP) is 4.19. The number of methoxy groups -OCH3 is 1. The second-order valence-corrected chi connectivity index (χ2v) is 7.72. The van der Waals surface area contributed by atoms with Gasteiger partial charge in [-0.3, -0.25) is 0 Å². The highest BCUT2D eigenvalue weighted by atomic mass is 32.1. The van der Waals surface area contributed by atoms with Gasteiger partial charge in [0.15, 0.2) is 16.8 Å². The molecule has 1 aliphatic rings. The van der Waals surface area contributed by atoms with Crippen molar-refractivity contribution in [3.63, 3.8) is 0 Å². The summed E-state index contributed by atoms with van der Waals surface area (Å²) in [5.41, 5.74) is 7.94. The molecule has 8 heteroatoms. The number of benzene rings is 1. The van der Waals surface area contributed by atoms with Gasteiger partial charge in [-0.2, -0.15) is 0 Å². The second-order valence-electron chi connectivity index (χ2n) is 6.69. The van der Waals surface area contributed by atoms with E-state index in [0.717, 1.165) is 39.9 Å². The normalized spacial score (nSPS) is 17.3. The van der Waals surface area contributed by atoms with E-state index >= 15 is 0 Å². The van der Waals surface area contributed by atoms with Gasteiger partial charge in [-0.25, -0.2) is 15.0 Å². The van der Waals surface area contributed by atoms with Crippen LogP contribution in [0.4, 0.5) is 22.5 Å². The van der Waals surface area contributed by atoms with E-state index < -0.39 is 0 Å². The summed E-state index contributed by atoms with van der Waals surface area (Å²) in [6.45, 7) is 3.20. The van der Waals surface area contributed by atoms with E-state index in [2.05, 4.69) is 32.1 Å². The minimum absolute atomic E-state index is 0.485. The van der Waals surface area contributed by atoms with Crippen LogP contribution in [0.15, 0.2) is 24.5 Å². The number of ether oxygens (including phenoxy) is 1. The number of nitrogens with two attached hydrogens (primary N) is 1. The maximum atomic E-state index is 6.45. The molecule has 1 aliphatic heterocycles. The molecule has 3 aromatic rings. The summed E-state index contributed by atoms with van der Waals surface area (Å²) in [5.74, 6) is 2.24. The third-order valence-corrected chi connectivity index (χ3v) is 5.99. The van der Waals surface area contributed by atoms with Crippen LogP contribution in [-0.2, 0) is 0 Å². The topological polar surface area (TPSA) is 89.2 Å². The quantitative estimate of drug-likeness (QED) is 0.682. The molecule has 1 aromatic carbocycles. The number of nitrogen functional groups attached to an aromatic ring is 1. The van der Waals surface area contributed by atoms with Crippen LogP contribution in [-0.4, -0.2) is 34.6 Å². The molecule has 1 saturated heterocycles. The molecule has 4 rings (SSSR count). The smallest absolute Gasteiger partial charge is 0.189 e. The van der Waals surface area contributed by atoms with Crippen molar-refractivity contribution in [2.24, 2.45) is 0 Å². The fraction of sp³-hybridized carbons (Fsp3) is 0.421. The molecule has 27 heavy (non-hydrogen) atoms. The molecule has 0 bridgehead atoms. The first-order valence-electron chi connectivity index (χ1n) is 9.28. The number of aromatic nitrogens is 3. The Hall–Kier alpha value is -2.61. The molecule has 0 radical (unpaired) electrons. The minimum Gasteiger partial charge on any atom is -0.497 e. The monoisotopic (exact) mass is 384 g/mol. The van der Waals surface area contributed by atoms with Crippen LogP contribution < -0.4 is 20.7 Å². The van der Waals surface area contributed by atoms with Gasteiger partial charge >= 0.3 is 0 Å². The largest absolute Gasteiger partial charge is 0.497 e. The van der Waals surface area contributed by atoms with Gasteiger partial charge in [0.25, 0.3) is 0 Å². The Bertz CT molecular complexity index is 943. The van der Waals surface area contributed by atoms with Crippen molar-refractivity contribution in [1.29, 1.82) is 0 Å². The average Bonchev–Trinajstić information content (AvgIpc) is 3.11. The number of thiazole rings is 1. The van der Waals surface area contributed by atoms with E-state index in [1.54, 1.807) is 24.8 Å². The highest BCUT2D eigenvalue weighted by molar-refractivity contribution is 7.22. The number of piperidine rings is 1. The van der Waals surface area contributed by atoms with Crippen molar-refractivity contribution in [2.45, 2.75) is 38.6 Å². The second kappa shape index (κ2) is 7.56. The fourth-order valence-electron chi connectivity index (χ4n) is 3.61. The first-order valence-corrected chi connectivity index (χ1v) is 10.1. The van der Waals surface area contributed by atoms with Crippen LogP contribution in [0.3, 0.4) is 0 Å². The van der Waals surface area contributed by atoms with Gasteiger partial charge in [-0.1, -0.05) is 18.3 Å². The van der Waals surface area contributed by atoms with Gasteiger partial charge < -0.3 is 20.7 Å². The van der Waals surface area contributed by atoms with Gasteiger partial charge in [0, 0.05) is 12.6 Å². The molecule has 1 atom stereocenters. The highest BCUT2D eigenvalue weighted by Crippen LogP contribution is 2.35. The van der Waals surface area contributed by atoms with E-state index in [-0.39, 0.29) is 0 Å². The number of nitrogens with zero attached hydrogens (tertiary/aromatic N) is 4. The summed E-state index contributed by atoms with van der Waals surface area (Å²) < 4.78 is 6.33. The Kier molecular flexibility index (Phi) is 4.98. The lowest BCUT2D eigenvalue weighted by molar-refractivity contribution is 0.415. The molecule has 1 fully saturated rings. The molecular formula is C19H24N6OS. The Morgan fingerprint density at radius 2 is 2.22 bits per heavy atom. The van der Waals surface area contributed by atoms with Crippen LogP contribution in [0.1, 0.15) is 32.6 Å². The van der Waals surface area contributed by atoms with Crippen molar-refractivity contribution < 1.29 is 4.74 Å². The van der Waals surface area contributed by atoms with E-state index in [0.29, 0.717) is 17.5 Å². The molecule has 7 nitrogen and oxygen atoms in total. The summed E-state index contributed by atoms with van der Waals surface area (Å²) in [4.78, 5) is 15.8. The first kappa shape index (κ1) is 17.8. The molecular weight excluding hydrogens is 360 g/mol. The predicted molar refractivity (Wildman–Crippen MR) is 111 cm³/mol. The Morgan fingerprint density at radius 3 is 3.04 bits per heavy atom. The summed E-state index contributed by atoms with van der Waals surface area (Å²) in [7, 11) is 1.66. The maximum Gasteiger partial charge on any atom is 0.189 e. The molecule has 3 N–H and O–H groups in total. The van der Waals surface area contributed by atoms with Crippen LogP contribution in [0.5, 0.6) is 5.75 Å². The Labute approximate surface area is 162 Å². The van der Waals surface area contributed by atoms with Gasteiger partial charge in [0.1, 0.15) is 17.8 Å². The van der Waals surface area contributed by atoms with E-state index in [1.165, 1.54) is 19.3 Å². The van der Waals surface area contributed by atoms with Crippen LogP contribution >= 0.6 is 11.3 Å². The first-order chi connectivity index (χ1) is 13.2. The molecule has 142 valence electrons. The third kappa shape index (κ3) is 3.49. The number of fused-ring (bicyclic) bond motifs is 1. The van der Waals surface area contributed by atoms with E-state index in [1.807, 2.05) is 18.2 Å². The van der Waals surface area contributed by atoms with Gasteiger partial charge in [0.2, 0.25) is 0 Å². The highest BCUT2D eigenvalue weighted by Gasteiger charge is 2.25. The lowest BCUT2D eigenvalue weighted by Gasteiger charge is -2.36. The summed E-state index contributed by atoms with van der Waals surface area (Å²) in [6, 6.07) is 6.32. The Morgan fingerprint density at radius 1 is 1.33 bits per heavy atom. The average molecular weight is 385 g/mol. The van der Waals surface area contributed by atoms with Gasteiger partial charge in [-0.15, -0.1) is 0 Å². The van der Waals surface area contributed by atoms with E-state index in [9.17, 15) is 0 Å². The third-order valence-electron chi connectivity index (χ3n) is 5.05. The molecule has 0 amide bonds. The van der Waals surface area contributed by atoms with Gasteiger partial charge in [-0.05, 0) is 43.9 Å². The fourth-order valence-corrected chi connectivity index (χ4v) is 4.50. The number of hydrogen-bond donors (Lipinski definition) is 2. The standard InChI is InChI=1S/C19H24N6OS/c1-3-12-6-4-5-9-25(12)18-16(20)17(21-11-22-18)24-19-23-14-8-7-13(26-2)10-15(14)27-19/h7-8,10-12H,3-6,9,20H2,1-2H3,(H,21,22,23,24). The van der Waals surface area contributed by atoms with Crippen molar-refractivity contribution in [1.82, 2.24) is 15.0 Å². The van der Waals surface area contributed by atoms with E-state index in [4.69, 9.17) is 10.5 Å². The molecule has 0 saturated carbocycles. The number of anilines is 4. The zero-order chi connectivity index (χ0) is 18.8. The van der Waals surface area contributed by atoms with Crippen molar-refractivity contribution in [2.75, 3.05) is 29.6 Å². The SMILES string of the molecule is CCC1CCCCN1c1ncnc(Nc2nc3ccc(OC)cc3s2)c1N. The summed E-state index contributed by atoms with van der Waals surface area (Å²) >= 11 is 1.55. The summed E-state index contributed by atoms with van der Waals surface area (Å²) in [5, 5.41) is 4.03. The minimum atomic E-state index is 0.485. The summed E-state index contributed by atoms with van der Waals surface area (Å²) in [6.07, 6.45) is 6.28. The lowest BCUT2D eigenvalue weighted by Crippen LogP contribution is -2.40. The Balaban J connectivity index is 1.63. The van der Waals surface area contributed by atoms with Gasteiger partial charge in [0.05, 0.1) is 17.3 Å². The zero-order valence-electron chi connectivity index (χ0n) is 15.6.